The van der Waals surface area contributed by atoms with E-state index in [1.807, 2.05) is 40.8 Å². The monoisotopic (exact) mass is 272 g/mol. The lowest BCUT2D eigenvalue weighted by Gasteiger charge is -2.13. The maximum Gasteiger partial charge on any atom is 0.138 e. The highest BCUT2D eigenvalue weighted by Gasteiger charge is 2.11. The smallest absolute Gasteiger partial charge is 0.138 e. The summed E-state index contributed by atoms with van der Waals surface area (Å²) in [6.07, 6.45) is 3.63. The van der Waals surface area contributed by atoms with E-state index >= 15 is 0 Å². The van der Waals surface area contributed by atoms with Crippen molar-refractivity contribution in [1.29, 1.82) is 0 Å². The van der Waals surface area contributed by atoms with Crippen LogP contribution in [0.4, 0.5) is 5.82 Å². The van der Waals surface area contributed by atoms with Crippen molar-refractivity contribution in [1.82, 2.24) is 15.0 Å². The summed E-state index contributed by atoms with van der Waals surface area (Å²) < 4.78 is 5.68. The topological polar surface area (TPSA) is 59.9 Å². The van der Waals surface area contributed by atoms with Crippen molar-refractivity contribution in [3.63, 3.8) is 0 Å². The van der Waals surface area contributed by atoms with E-state index in [0.717, 1.165) is 34.2 Å². The first-order chi connectivity index (χ1) is 9.51. The van der Waals surface area contributed by atoms with Crippen LogP contribution in [-0.2, 0) is 0 Å². The Labute approximate surface area is 119 Å². The third-order valence-electron chi connectivity index (χ3n) is 2.85. The molecule has 0 fully saturated rings. The van der Waals surface area contributed by atoms with Gasteiger partial charge in [-0.05, 0) is 33.8 Å². The summed E-state index contributed by atoms with van der Waals surface area (Å²) in [5.41, 5.74) is 2.81. The summed E-state index contributed by atoms with van der Waals surface area (Å²) in [6, 6.07) is 1.96. The van der Waals surface area contributed by atoms with Gasteiger partial charge in [0.1, 0.15) is 17.4 Å². The Kier molecular flexibility index (Phi) is 4.17. The third-order valence-corrected chi connectivity index (χ3v) is 2.85. The molecule has 0 saturated heterocycles. The summed E-state index contributed by atoms with van der Waals surface area (Å²) in [6.45, 7) is 7.86. The van der Waals surface area contributed by atoms with Gasteiger partial charge in [0.15, 0.2) is 0 Å². The van der Waals surface area contributed by atoms with Gasteiger partial charge in [0.2, 0.25) is 0 Å². The summed E-state index contributed by atoms with van der Waals surface area (Å²) in [5.74, 6) is 2.31. The second-order valence-corrected chi connectivity index (χ2v) is 4.92. The van der Waals surface area contributed by atoms with Crippen molar-refractivity contribution >= 4 is 5.82 Å². The molecule has 5 nitrogen and oxygen atoms in total. The average molecular weight is 272 g/mol. The predicted molar refractivity (Wildman–Crippen MR) is 80.0 cm³/mol. The highest BCUT2D eigenvalue weighted by atomic mass is 16.5. The van der Waals surface area contributed by atoms with E-state index in [-0.39, 0.29) is 6.10 Å². The van der Waals surface area contributed by atoms with Crippen molar-refractivity contribution in [3.8, 4) is 17.0 Å². The number of ether oxygens (including phenoxy) is 1. The minimum absolute atomic E-state index is 0.119. The zero-order valence-corrected chi connectivity index (χ0v) is 12.6. The Balaban J connectivity index is 2.48. The Bertz CT molecular complexity index is 611. The van der Waals surface area contributed by atoms with Crippen LogP contribution < -0.4 is 10.1 Å². The van der Waals surface area contributed by atoms with Gasteiger partial charge >= 0.3 is 0 Å². The van der Waals surface area contributed by atoms with Crippen LogP contribution >= 0.6 is 0 Å². The van der Waals surface area contributed by atoms with Gasteiger partial charge in [0.25, 0.3) is 0 Å². The van der Waals surface area contributed by atoms with E-state index in [1.54, 1.807) is 12.4 Å². The molecule has 2 rings (SSSR count). The third kappa shape index (κ3) is 3.04. The molecular weight excluding hydrogens is 252 g/mol. The Morgan fingerprint density at radius 3 is 2.55 bits per heavy atom. The molecule has 0 bridgehead atoms. The molecule has 2 heterocycles. The highest BCUT2D eigenvalue weighted by Crippen LogP contribution is 2.27. The van der Waals surface area contributed by atoms with E-state index in [0.29, 0.717) is 0 Å². The number of anilines is 1. The van der Waals surface area contributed by atoms with Crippen molar-refractivity contribution in [2.75, 3.05) is 12.4 Å². The van der Waals surface area contributed by atoms with Crippen LogP contribution in [0.2, 0.25) is 0 Å². The van der Waals surface area contributed by atoms with E-state index in [2.05, 4.69) is 20.3 Å². The van der Waals surface area contributed by atoms with Gasteiger partial charge in [-0.3, -0.25) is 4.98 Å². The molecule has 106 valence electrons. The van der Waals surface area contributed by atoms with E-state index in [4.69, 9.17) is 4.74 Å². The molecule has 2 aromatic heterocycles. The molecule has 0 radical (unpaired) electrons. The van der Waals surface area contributed by atoms with Crippen molar-refractivity contribution in [2.45, 2.75) is 33.8 Å². The fourth-order valence-electron chi connectivity index (χ4n) is 2.04. The number of nitrogens with one attached hydrogen (secondary N) is 1. The average Bonchev–Trinajstić information content (AvgIpc) is 2.40. The first-order valence-corrected chi connectivity index (χ1v) is 6.66. The number of rotatable bonds is 4. The quantitative estimate of drug-likeness (QED) is 0.927. The normalized spacial score (nSPS) is 10.7. The maximum atomic E-state index is 5.68. The predicted octanol–water partition coefficient (Wildman–Crippen LogP) is 2.98. The second kappa shape index (κ2) is 5.86. The lowest BCUT2D eigenvalue weighted by Crippen LogP contribution is -2.06. The molecule has 1 N–H and O–H groups in total. The molecule has 0 amide bonds. The van der Waals surface area contributed by atoms with Crippen LogP contribution in [0.5, 0.6) is 5.75 Å². The molecule has 0 aliphatic heterocycles. The minimum Gasteiger partial charge on any atom is -0.489 e. The van der Waals surface area contributed by atoms with Crippen LogP contribution in [0.25, 0.3) is 11.3 Å². The van der Waals surface area contributed by atoms with Crippen molar-refractivity contribution in [2.24, 2.45) is 0 Å². The molecule has 0 saturated carbocycles. The van der Waals surface area contributed by atoms with E-state index in [1.165, 1.54) is 0 Å². The van der Waals surface area contributed by atoms with Crippen LogP contribution in [0.1, 0.15) is 25.2 Å². The molecule has 0 aliphatic rings. The van der Waals surface area contributed by atoms with Gasteiger partial charge in [-0.25, -0.2) is 9.97 Å². The molecule has 2 aromatic rings. The first kappa shape index (κ1) is 14.2. The molecule has 0 aromatic carbocycles. The van der Waals surface area contributed by atoms with Gasteiger partial charge in [0, 0.05) is 24.4 Å². The Morgan fingerprint density at radius 2 is 1.90 bits per heavy atom. The summed E-state index contributed by atoms with van der Waals surface area (Å²) >= 11 is 0. The molecule has 20 heavy (non-hydrogen) atoms. The molecule has 0 spiro atoms. The molecule has 0 aliphatic carbocycles. The number of hydrogen-bond acceptors (Lipinski definition) is 5. The Morgan fingerprint density at radius 1 is 1.15 bits per heavy atom. The van der Waals surface area contributed by atoms with Gasteiger partial charge in [-0.2, -0.15) is 0 Å². The van der Waals surface area contributed by atoms with Crippen LogP contribution in [-0.4, -0.2) is 28.1 Å². The zero-order valence-electron chi connectivity index (χ0n) is 12.6. The highest BCUT2D eigenvalue weighted by molar-refractivity contribution is 5.68. The maximum absolute atomic E-state index is 5.68. The summed E-state index contributed by atoms with van der Waals surface area (Å²) in [4.78, 5) is 13.1. The van der Waals surface area contributed by atoms with Crippen molar-refractivity contribution < 1.29 is 4.74 Å². The molecule has 0 atom stereocenters. The second-order valence-electron chi connectivity index (χ2n) is 4.92. The fourth-order valence-corrected chi connectivity index (χ4v) is 2.04. The molecule has 0 unspecified atom stereocenters. The zero-order chi connectivity index (χ0) is 14.7. The number of hydrogen-bond donors (Lipinski definition) is 1. The van der Waals surface area contributed by atoms with E-state index < -0.39 is 0 Å². The number of nitrogens with zero attached hydrogens (tertiary/aromatic N) is 3. The van der Waals surface area contributed by atoms with Gasteiger partial charge in [-0.15, -0.1) is 0 Å². The summed E-state index contributed by atoms with van der Waals surface area (Å²) in [5, 5.41) is 3.09. The van der Waals surface area contributed by atoms with Gasteiger partial charge < -0.3 is 10.1 Å². The van der Waals surface area contributed by atoms with Crippen LogP contribution in [0.3, 0.4) is 0 Å². The van der Waals surface area contributed by atoms with E-state index in [9.17, 15) is 0 Å². The van der Waals surface area contributed by atoms with Gasteiger partial charge in [-0.1, -0.05) is 0 Å². The number of pyridine rings is 1. The minimum atomic E-state index is 0.119. The fraction of sp³-hybridized carbons (Fsp3) is 0.400. The lowest BCUT2D eigenvalue weighted by atomic mass is 10.1. The van der Waals surface area contributed by atoms with Crippen LogP contribution in [0.15, 0.2) is 18.5 Å². The molecular formula is C15H20N4O. The standard InChI is InChI=1S/C15H20N4O/c1-9(2)20-13-6-12(7-17-8-13)14-10(3)15(16-5)19-11(4)18-14/h6-9H,1-5H3,(H,16,18,19). The van der Waals surface area contributed by atoms with Gasteiger partial charge in [0.05, 0.1) is 18.0 Å². The summed E-state index contributed by atoms with van der Waals surface area (Å²) in [7, 11) is 1.86. The first-order valence-electron chi connectivity index (χ1n) is 6.66. The van der Waals surface area contributed by atoms with Crippen LogP contribution in [0, 0.1) is 13.8 Å². The van der Waals surface area contributed by atoms with Crippen molar-refractivity contribution in [3.05, 3.63) is 29.8 Å². The number of aromatic nitrogens is 3. The SMILES string of the molecule is CNc1nc(C)nc(-c2cncc(OC(C)C)c2)c1C. The molecule has 5 heteroatoms. The Hall–Kier alpha value is -2.17. The lowest BCUT2D eigenvalue weighted by molar-refractivity contribution is 0.241. The largest absolute Gasteiger partial charge is 0.489 e. The number of aryl methyl sites for hydroxylation is 1.